The highest BCUT2D eigenvalue weighted by atomic mass is 19.1. The van der Waals surface area contributed by atoms with Crippen molar-refractivity contribution in [1.82, 2.24) is 14.8 Å². The lowest BCUT2D eigenvalue weighted by Gasteiger charge is -2.08. The van der Waals surface area contributed by atoms with Crippen molar-refractivity contribution in [1.29, 1.82) is 0 Å². The molecule has 0 unspecified atom stereocenters. The van der Waals surface area contributed by atoms with Crippen molar-refractivity contribution in [2.75, 3.05) is 6.54 Å². The lowest BCUT2D eigenvalue weighted by Crippen LogP contribution is -2.08. The predicted octanol–water partition coefficient (Wildman–Crippen LogP) is 0.908. The van der Waals surface area contributed by atoms with E-state index in [4.69, 9.17) is 5.73 Å². The summed E-state index contributed by atoms with van der Waals surface area (Å²) in [6.07, 6.45) is 3.46. The van der Waals surface area contributed by atoms with Crippen LogP contribution in [0.3, 0.4) is 0 Å². The maximum atomic E-state index is 13.6. The molecule has 0 atom stereocenters. The van der Waals surface area contributed by atoms with E-state index < -0.39 is 0 Å². The summed E-state index contributed by atoms with van der Waals surface area (Å²) in [6.45, 7) is 0.477. The van der Waals surface area contributed by atoms with E-state index in [9.17, 15) is 4.39 Å². The van der Waals surface area contributed by atoms with E-state index in [2.05, 4.69) is 10.1 Å². The van der Waals surface area contributed by atoms with Gasteiger partial charge in [0, 0.05) is 0 Å². The third-order valence-corrected chi connectivity index (χ3v) is 2.13. The molecule has 2 N–H and O–H groups in total. The van der Waals surface area contributed by atoms with Crippen LogP contribution in [0.1, 0.15) is 5.56 Å². The van der Waals surface area contributed by atoms with Gasteiger partial charge in [0.1, 0.15) is 24.2 Å². The van der Waals surface area contributed by atoms with E-state index in [0.717, 1.165) is 5.56 Å². The minimum absolute atomic E-state index is 0.313. The van der Waals surface area contributed by atoms with Crippen molar-refractivity contribution < 1.29 is 4.39 Å². The first-order chi connectivity index (χ1) is 7.33. The minimum atomic E-state index is -0.313. The van der Waals surface area contributed by atoms with Crippen LogP contribution in [0.15, 0.2) is 30.9 Å². The number of nitrogens with zero attached hydrogens (tertiary/aromatic N) is 3. The van der Waals surface area contributed by atoms with E-state index in [0.29, 0.717) is 18.7 Å². The van der Waals surface area contributed by atoms with Gasteiger partial charge in [-0.05, 0) is 24.6 Å². The molecule has 0 fully saturated rings. The summed E-state index contributed by atoms with van der Waals surface area (Å²) in [4.78, 5) is 3.79. The third kappa shape index (κ3) is 1.87. The summed E-state index contributed by atoms with van der Waals surface area (Å²) < 4.78 is 15.0. The molecule has 4 nitrogen and oxygen atoms in total. The number of para-hydroxylation sites is 1. The Kier molecular flexibility index (Phi) is 2.73. The third-order valence-electron chi connectivity index (χ3n) is 2.13. The van der Waals surface area contributed by atoms with Crippen molar-refractivity contribution in [3.8, 4) is 5.69 Å². The first-order valence-electron chi connectivity index (χ1n) is 4.65. The largest absolute Gasteiger partial charge is 0.330 e. The molecule has 2 rings (SSSR count). The van der Waals surface area contributed by atoms with Gasteiger partial charge in [-0.25, -0.2) is 14.1 Å². The lowest BCUT2D eigenvalue weighted by molar-refractivity contribution is 0.607. The van der Waals surface area contributed by atoms with Crippen molar-refractivity contribution in [3.63, 3.8) is 0 Å². The Morgan fingerprint density at radius 1 is 1.40 bits per heavy atom. The Labute approximate surface area is 86.6 Å². The first-order valence-corrected chi connectivity index (χ1v) is 4.65. The summed E-state index contributed by atoms with van der Waals surface area (Å²) in [7, 11) is 0. The summed E-state index contributed by atoms with van der Waals surface area (Å²) in [5.74, 6) is -0.313. The second kappa shape index (κ2) is 4.18. The van der Waals surface area contributed by atoms with E-state index in [1.165, 1.54) is 23.4 Å². The lowest BCUT2D eigenvalue weighted by atomic mass is 10.1. The molecule has 0 aliphatic rings. The van der Waals surface area contributed by atoms with Crippen LogP contribution in [0, 0.1) is 5.82 Å². The molecule has 0 saturated carbocycles. The van der Waals surface area contributed by atoms with Crippen LogP contribution in [0.25, 0.3) is 5.69 Å². The average molecular weight is 206 g/mol. The van der Waals surface area contributed by atoms with E-state index in [-0.39, 0.29) is 5.82 Å². The molecule has 0 saturated heterocycles. The molecule has 5 heteroatoms. The van der Waals surface area contributed by atoms with Crippen LogP contribution in [0.4, 0.5) is 4.39 Å². The predicted molar refractivity (Wildman–Crippen MR) is 54.1 cm³/mol. The summed E-state index contributed by atoms with van der Waals surface area (Å²) >= 11 is 0. The molecule has 1 aromatic carbocycles. The second-order valence-corrected chi connectivity index (χ2v) is 3.13. The van der Waals surface area contributed by atoms with Gasteiger partial charge in [-0.15, -0.1) is 0 Å². The fourth-order valence-corrected chi connectivity index (χ4v) is 1.50. The fraction of sp³-hybridized carbons (Fsp3) is 0.200. The molecular weight excluding hydrogens is 195 g/mol. The van der Waals surface area contributed by atoms with Gasteiger partial charge >= 0.3 is 0 Å². The van der Waals surface area contributed by atoms with Gasteiger partial charge in [-0.3, -0.25) is 0 Å². The Bertz CT molecular complexity index is 439. The zero-order valence-electron chi connectivity index (χ0n) is 8.10. The minimum Gasteiger partial charge on any atom is -0.330 e. The molecular formula is C10H11FN4. The number of halogens is 1. The molecule has 2 aromatic rings. The van der Waals surface area contributed by atoms with Crippen LogP contribution < -0.4 is 5.73 Å². The van der Waals surface area contributed by atoms with Gasteiger partial charge in [0.2, 0.25) is 0 Å². The first kappa shape index (κ1) is 9.79. The molecule has 15 heavy (non-hydrogen) atoms. The Hall–Kier alpha value is -1.75. The molecule has 0 spiro atoms. The van der Waals surface area contributed by atoms with Crippen LogP contribution in [0.2, 0.25) is 0 Å². The van der Waals surface area contributed by atoms with Crippen LogP contribution >= 0.6 is 0 Å². The van der Waals surface area contributed by atoms with Gasteiger partial charge in [0.25, 0.3) is 0 Å². The normalized spacial score (nSPS) is 10.5. The Morgan fingerprint density at radius 3 is 2.93 bits per heavy atom. The fourth-order valence-electron chi connectivity index (χ4n) is 1.50. The van der Waals surface area contributed by atoms with Gasteiger partial charge in [0.05, 0.1) is 0 Å². The number of aromatic nitrogens is 3. The quantitative estimate of drug-likeness (QED) is 0.812. The van der Waals surface area contributed by atoms with Gasteiger partial charge in [-0.1, -0.05) is 12.1 Å². The van der Waals surface area contributed by atoms with Gasteiger partial charge in [-0.2, -0.15) is 5.10 Å². The Balaban J connectivity index is 2.52. The number of hydrogen-bond acceptors (Lipinski definition) is 3. The molecule has 0 aliphatic carbocycles. The summed E-state index contributed by atoms with van der Waals surface area (Å²) in [5.41, 5.74) is 6.73. The number of rotatable bonds is 3. The molecule has 78 valence electrons. The van der Waals surface area contributed by atoms with Gasteiger partial charge in [0.15, 0.2) is 0 Å². The van der Waals surface area contributed by atoms with Crippen molar-refractivity contribution in [2.24, 2.45) is 5.73 Å². The standard InChI is InChI=1S/C10H11FN4/c11-9-3-1-2-8(4-5-12)10(9)15-7-13-6-14-15/h1-3,6-7H,4-5,12H2. The van der Waals surface area contributed by atoms with Crippen LogP contribution in [-0.4, -0.2) is 21.3 Å². The van der Waals surface area contributed by atoms with Crippen molar-refractivity contribution in [3.05, 3.63) is 42.2 Å². The molecule has 0 bridgehead atoms. The second-order valence-electron chi connectivity index (χ2n) is 3.13. The highest BCUT2D eigenvalue weighted by Crippen LogP contribution is 2.17. The summed E-state index contributed by atoms with van der Waals surface area (Å²) in [6, 6.07) is 4.91. The van der Waals surface area contributed by atoms with Crippen molar-refractivity contribution >= 4 is 0 Å². The topological polar surface area (TPSA) is 56.7 Å². The Morgan fingerprint density at radius 2 is 2.27 bits per heavy atom. The maximum absolute atomic E-state index is 13.6. The SMILES string of the molecule is NCCc1cccc(F)c1-n1cncn1. The number of benzene rings is 1. The van der Waals surface area contributed by atoms with E-state index in [1.807, 2.05) is 6.07 Å². The van der Waals surface area contributed by atoms with E-state index in [1.54, 1.807) is 6.07 Å². The number of hydrogen-bond donors (Lipinski definition) is 1. The molecule has 0 radical (unpaired) electrons. The summed E-state index contributed by atoms with van der Waals surface area (Å²) in [5, 5.41) is 3.91. The number of nitrogens with two attached hydrogens (primary N) is 1. The molecule has 1 aromatic heterocycles. The molecule has 0 aliphatic heterocycles. The van der Waals surface area contributed by atoms with Crippen molar-refractivity contribution in [2.45, 2.75) is 6.42 Å². The molecule has 0 amide bonds. The maximum Gasteiger partial charge on any atom is 0.149 e. The zero-order chi connectivity index (χ0) is 10.7. The zero-order valence-corrected chi connectivity index (χ0v) is 8.10. The highest BCUT2D eigenvalue weighted by molar-refractivity contribution is 5.41. The van der Waals surface area contributed by atoms with Gasteiger partial charge < -0.3 is 5.73 Å². The molecule has 1 heterocycles. The van der Waals surface area contributed by atoms with Crippen LogP contribution in [-0.2, 0) is 6.42 Å². The van der Waals surface area contributed by atoms with Crippen LogP contribution in [0.5, 0.6) is 0 Å². The van der Waals surface area contributed by atoms with E-state index >= 15 is 0 Å². The average Bonchev–Trinajstić information content (AvgIpc) is 2.71. The highest BCUT2D eigenvalue weighted by Gasteiger charge is 2.10. The smallest absolute Gasteiger partial charge is 0.149 e. The monoisotopic (exact) mass is 206 g/mol.